The highest BCUT2D eigenvalue weighted by molar-refractivity contribution is 9.10. The van der Waals surface area contributed by atoms with Crippen LogP contribution < -0.4 is 0 Å². The third kappa shape index (κ3) is 5.07. The van der Waals surface area contributed by atoms with Crippen LogP contribution in [0, 0.1) is 0 Å². The summed E-state index contributed by atoms with van der Waals surface area (Å²) >= 11 is 3.28. The van der Waals surface area contributed by atoms with Gasteiger partial charge in [-0.2, -0.15) is 5.06 Å². The fraction of sp³-hybridized carbons (Fsp3) is 0.538. The number of aliphatic hydroxyl groups excluding tert-OH is 1. The molecule has 0 bridgehead atoms. The Kier molecular flexibility index (Phi) is 5.91. The Morgan fingerprint density at radius 1 is 1.50 bits per heavy atom. The Hall–Kier alpha value is -1.18. The summed E-state index contributed by atoms with van der Waals surface area (Å²) in [5, 5.41) is 19.6. The van der Waals surface area contributed by atoms with E-state index in [4.69, 9.17) is 9.84 Å². The molecule has 0 saturated carbocycles. The lowest BCUT2D eigenvalue weighted by atomic mass is 10.1. The first kappa shape index (κ1) is 16.9. The van der Waals surface area contributed by atoms with E-state index in [1.807, 2.05) is 0 Å². The second-order valence-corrected chi connectivity index (χ2v) is 6.21. The van der Waals surface area contributed by atoms with Crippen molar-refractivity contribution in [1.82, 2.24) is 10.0 Å². The number of rotatable bonds is 4. The van der Waals surface area contributed by atoms with Crippen molar-refractivity contribution in [2.45, 2.75) is 38.8 Å². The minimum atomic E-state index is -0.865. The zero-order chi connectivity index (χ0) is 15.3. The molecule has 0 aliphatic rings. The van der Waals surface area contributed by atoms with Crippen molar-refractivity contribution in [1.29, 1.82) is 0 Å². The van der Waals surface area contributed by atoms with Crippen LogP contribution in [0.25, 0.3) is 0 Å². The van der Waals surface area contributed by atoms with Gasteiger partial charge in [-0.05, 0) is 54.8 Å². The van der Waals surface area contributed by atoms with Crippen LogP contribution in [0.2, 0.25) is 0 Å². The number of nitrogens with zero attached hydrogens (tertiary/aromatic N) is 2. The molecule has 1 aromatic heterocycles. The van der Waals surface area contributed by atoms with Crippen molar-refractivity contribution in [3.8, 4) is 0 Å². The molecular weight excluding hydrogens is 328 g/mol. The van der Waals surface area contributed by atoms with Crippen LogP contribution in [0.1, 0.15) is 38.8 Å². The van der Waals surface area contributed by atoms with Crippen molar-refractivity contribution in [2.24, 2.45) is 0 Å². The molecule has 1 unspecified atom stereocenters. The zero-order valence-corrected chi connectivity index (χ0v) is 13.3. The fourth-order valence-electron chi connectivity index (χ4n) is 1.60. The molecule has 112 valence electrons. The second kappa shape index (κ2) is 7.01. The molecule has 0 fully saturated rings. The summed E-state index contributed by atoms with van der Waals surface area (Å²) in [4.78, 5) is 15.9. The van der Waals surface area contributed by atoms with Gasteiger partial charge in [0, 0.05) is 23.5 Å². The van der Waals surface area contributed by atoms with E-state index >= 15 is 0 Å². The molecule has 7 heteroatoms. The number of carbonyl (C=O) groups is 1. The zero-order valence-electron chi connectivity index (χ0n) is 11.7. The molecule has 0 saturated heterocycles. The van der Waals surface area contributed by atoms with E-state index in [1.165, 1.54) is 6.20 Å². The third-order valence-corrected chi connectivity index (χ3v) is 2.82. The molecule has 1 rings (SSSR count). The van der Waals surface area contributed by atoms with E-state index in [0.29, 0.717) is 10.6 Å². The number of halogens is 1. The van der Waals surface area contributed by atoms with E-state index < -0.39 is 17.7 Å². The molecule has 1 aromatic rings. The summed E-state index contributed by atoms with van der Waals surface area (Å²) in [6.07, 6.45) is 2.43. The number of ether oxygens (including phenoxy) is 1. The Morgan fingerprint density at radius 3 is 2.65 bits per heavy atom. The number of amides is 1. The molecule has 1 amide bonds. The van der Waals surface area contributed by atoms with Gasteiger partial charge in [0.05, 0.1) is 6.04 Å². The number of pyridine rings is 1. The molecule has 6 nitrogen and oxygen atoms in total. The Balaban J connectivity index is 2.93. The van der Waals surface area contributed by atoms with Gasteiger partial charge in [0.1, 0.15) is 5.60 Å². The van der Waals surface area contributed by atoms with Crippen LogP contribution >= 0.6 is 15.9 Å². The highest BCUT2D eigenvalue weighted by atomic mass is 79.9. The number of hydrogen-bond acceptors (Lipinski definition) is 5. The maximum atomic E-state index is 11.9. The molecule has 0 radical (unpaired) electrons. The number of hydrogen-bond donors (Lipinski definition) is 2. The molecular formula is C13H19BrN2O4. The normalized spacial score (nSPS) is 12.9. The Bertz CT molecular complexity index is 462. The Morgan fingerprint density at radius 2 is 2.15 bits per heavy atom. The van der Waals surface area contributed by atoms with Crippen LogP contribution in [0.5, 0.6) is 0 Å². The predicted octanol–water partition coefficient (Wildman–Crippen LogP) is 2.89. The van der Waals surface area contributed by atoms with Crippen molar-refractivity contribution >= 4 is 22.0 Å². The number of aliphatic hydroxyl groups is 1. The van der Waals surface area contributed by atoms with Crippen molar-refractivity contribution < 1.29 is 19.8 Å². The average Bonchev–Trinajstić information content (AvgIpc) is 2.33. The predicted molar refractivity (Wildman–Crippen MR) is 76.2 cm³/mol. The molecule has 0 aliphatic heterocycles. The first-order valence-electron chi connectivity index (χ1n) is 6.17. The third-order valence-electron chi connectivity index (χ3n) is 2.39. The SMILES string of the molecule is CC(C)(C)OC(=O)N(O)C(CCO)c1cncc(Br)c1. The summed E-state index contributed by atoms with van der Waals surface area (Å²) < 4.78 is 5.82. The lowest BCUT2D eigenvalue weighted by Gasteiger charge is -2.28. The number of aromatic nitrogens is 1. The maximum Gasteiger partial charge on any atom is 0.434 e. The van der Waals surface area contributed by atoms with Crippen molar-refractivity contribution in [3.63, 3.8) is 0 Å². The van der Waals surface area contributed by atoms with Gasteiger partial charge in [0.25, 0.3) is 0 Å². The average molecular weight is 347 g/mol. The fourth-order valence-corrected chi connectivity index (χ4v) is 1.98. The number of hydroxylamine groups is 2. The van der Waals surface area contributed by atoms with E-state index in [9.17, 15) is 10.0 Å². The first-order chi connectivity index (χ1) is 9.24. The van der Waals surface area contributed by atoms with Crippen LogP contribution in [-0.2, 0) is 4.74 Å². The van der Waals surface area contributed by atoms with Gasteiger partial charge in [-0.3, -0.25) is 10.2 Å². The summed E-state index contributed by atoms with van der Waals surface area (Å²) in [6, 6.07) is 1.00. The highest BCUT2D eigenvalue weighted by Gasteiger charge is 2.28. The van der Waals surface area contributed by atoms with Crippen LogP contribution in [0.3, 0.4) is 0 Å². The van der Waals surface area contributed by atoms with Crippen molar-refractivity contribution in [3.05, 3.63) is 28.5 Å². The molecule has 0 spiro atoms. The second-order valence-electron chi connectivity index (χ2n) is 5.29. The summed E-state index contributed by atoms with van der Waals surface area (Å²) in [7, 11) is 0. The smallest absolute Gasteiger partial charge is 0.434 e. The van der Waals surface area contributed by atoms with E-state index in [-0.39, 0.29) is 13.0 Å². The van der Waals surface area contributed by atoms with Crippen LogP contribution in [0.15, 0.2) is 22.9 Å². The molecule has 0 aromatic carbocycles. The monoisotopic (exact) mass is 346 g/mol. The number of carbonyl (C=O) groups excluding carboxylic acids is 1. The van der Waals surface area contributed by atoms with E-state index in [2.05, 4.69) is 20.9 Å². The molecule has 20 heavy (non-hydrogen) atoms. The maximum absolute atomic E-state index is 11.9. The highest BCUT2D eigenvalue weighted by Crippen LogP contribution is 2.26. The molecule has 1 heterocycles. The minimum absolute atomic E-state index is 0.174. The van der Waals surface area contributed by atoms with E-state index in [1.54, 1.807) is 33.0 Å². The van der Waals surface area contributed by atoms with Crippen molar-refractivity contribution in [2.75, 3.05) is 6.61 Å². The van der Waals surface area contributed by atoms with Gasteiger partial charge in [-0.15, -0.1) is 0 Å². The lowest BCUT2D eigenvalue weighted by molar-refractivity contribution is -0.125. The van der Waals surface area contributed by atoms with Gasteiger partial charge in [0.15, 0.2) is 0 Å². The van der Waals surface area contributed by atoms with Gasteiger partial charge >= 0.3 is 6.09 Å². The topological polar surface area (TPSA) is 82.9 Å². The summed E-state index contributed by atoms with van der Waals surface area (Å²) in [5.74, 6) is 0. The van der Waals surface area contributed by atoms with Gasteiger partial charge in [-0.1, -0.05) is 0 Å². The van der Waals surface area contributed by atoms with Gasteiger partial charge < -0.3 is 9.84 Å². The van der Waals surface area contributed by atoms with E-state index in [0.717, 1.165) is 4.47 Å². The van der Waals surface area contributed by atoms with Gasteiger partial charge in [-0.25, -0.2) is 4.79 Å². The molecule has 0 aliphatic carbocycles. The minimum Gasteiger partial charge on any atom is -0.442 e. The lowest BCUT2D eigenvalue weighted by Crippen LogP contribution is -2.37. The molecule has 1 atom stereocenters. The first-order valence-corrected chi connectivity index (χ1v) is 6.96. The van der Waals surface area contributed by atoms with Crippen LogP contribution in [-0.4, -0.2) is 38.7 Å². The quantitative estimate of drug-likeness (QED) is 0.646. The van der Waals surface area contributed by atoms with Gasteiger partial charge in [0.2, 0.25) is 0 Å². The Labute approximate surface area is 126 Å². The molecule has 2 N–H and O–H groups in total. The summed E-state index contributed by atoms with van der Waals surface area (Å²) in [6.45, 7) is 4.94. The van der Waals surface area contributed by atoms with Crippen LogP contribution in [0.4, 0.5) is 4.79 Å². The summed E-state index contributed by atoms with van der Waals surface area (Å²) in [5.41, 5.74) is -0.112. The largest absolute Gasteiger partial charge is 0.442 e. The standard InChI is InChI=1S/C13H19BrN2O4/c1-13(2,3)20-12(18)16(19)11(4-5-17)9-6-10(14)8-15-7-9/h6-8,11,17,19H,4-5H2,1-3H3.